The first kappa shape index (κ1) is 17.2. The van der Waals surface area contributed by atoms with Gasteiger partial charge in [0.15, 0.2) is 11.6 Å². The van der Waals surface area contributed by atoms with E-state index in [9.17, 15) is 8.78 Å². The van der Waals surface area contributed by atoms with Crippen molar-refractivity contribution in [1.82, 2.24) is 5.01 Å². The van der Waals surface area contributed by atoms with Crippen molar-refractivity contribution in [3.05, 3.63) is 100 Å². The van der Waals surface area contributed by atoms with Gasteiger partial charge in [0.25, 0.3) is 0 Å². The zero-order valence-electron chi connectivity index (χ0n) is 14.6. The molecule has 0 radical (unpaired) electrons. The lowest BCUT2D eigenvalue weighted by atomic mass is 9.96. The van der Waals surface area contributed by atoms with E-state index in [4.69, 9.17) is 21.4 Å². The van der Waals surface area contributed by atoms with Crippen LogP contribution in [0.4, 0.5) is 8.78 Å². The molecule has 0 spiro atoms. The maximum absolute atomic E-state index is 13.9. The predicted molar refractivity (Wildman–Crippen MR) is 103 cm³/mol. The molecule has 28 heavy (non-hydrogen) atoms. The Morgan fingerprint density at radius 2 is 1.75 bits per heavy atom. The number of hydrogen-bond acceptors (Lipinski definition) is 3. The second-order valence-electron chi connectivity index (χ2n) is 6.84. The molecule has 5 rings (SSSR count). The van der Waals surface area contributed by atoms with Gasteiger partial charge in [-0.3, -0.25) is 0 Å². The van der Waals surface area contributed by atoms with Gasteiger partial charge in [0.1, 0.15) is 5.75 Å². The van der Waals surface area contributed by atoms with Crippen molar-refractivity contribution >= 4 is 17.3 Å². The van der Waals surface area contributed by atoms with Gasteiger partial charge < -0.3 is 4.74 Å². The summed E-state index contributed by atoms with van der Waals surface area (Å²) in [5.41, 5.74) is 3.41. The molecule has 0 unspecified atom stereocenters. The highest BCUT2D eigenvalue weighted by Crippen LogP contribution is 2.47. The quantitative estimate of drug-likeness (QED) is 0.542. The van der Waals surface area contributed by atoms with Crippen LogP contribution in [0.3, 0.4) is 0 Å². The number of hydrogen-bond donors (Lipinski definition) is 0. The van der Waals surface area contributed by atoms with E-state index in [0.29, 0.717) is 17.0 Å². The first-order valence-corrected chi connectivity index (χ1v) is 9.30. The molecule has 0 fully saturated rings. The lowest BCUT2D eigenvalue weighted by molar-refractivity contribution is -0.0192. The van der Waals surface area contributed by atoms with Crippen molar-refractivity contribution in [2.75, 3.05) is 0 Å². The molecular weight excluding hydrogens is 382 g/mol. The van der Waals surface area contributed by atoms with E-state index in [1.807, 2.05) is 53.5 Å². The van der Waals surface area contributed by atoms with E-state index in [1.54, 1.807) is 0 Å². The third-order valence-electron chi connectivity index (χ3n) is 5.11. The monoisotopic (exact) mass is 396 g/mol. The van der Waals surface area contributed by atoms with E-state index in [-0.39, 0.29) is 6.04 Å². The zero-order valence-corrected chi connectivity index (χ0v) is 15.4. The summed E-state index contributed by atoms with van der Waals surface area (Å²) < 4.78 is 33.4. The van der Waals surface area contributed by atoms with Gasteiger partial charge in [-0.05, 0) is 35.9 Å². The van der Waals surface area contributed by atoms with Gasteiger partial charge in [-0.15, -0.1) is 0 Å². The third kappa shape index (κ3) is 2.83. The van der Waals surface area contributed by atoms with Crippen LogP contribution in [0.2, 0.25) is 5.02 Å². The largest absolute Gasteiger partial charge is 0.464 e. The molecule has 0 amide bonds. The molecule has 2 heterocycles. The lowest BCUT2D eigenvalue weighted by Gasteiger charge is -2.38. The van der Waals surface area contributed by atoms with Crippen molar-refractivity contribution in [2.45, 2.75) is 18.7 Å². The Morgan fingerprint density at radius 1 is 0.964 bits per heavy atom. The molecule has 140 valence electrons. The minimum absolute atomic E-state index is 0.0475. The molecule has 0 aliphatic carbocycles. The number of para-hydroxylation sites is 1. The molecule has 2 atom stereocenters. The summed E-state index contributed by atoms with van der Waals surface area (Å²) in [6.45, 7) is 0. The van der Waals surface area contributed by atoms with E-state index >= 15 is 0 Å². The molecule has 0 bridgehead atoms. The first-order valence-electron chi connectivity index (χ1n) is 8.92. The Morgan fingerprint density at radius 3 is 2.54 bits per heavy atom. The molecular formula is C22H15ClF2N2O. The summed E-state index contributed by atoms with van der Waals surface area (Å²) in [5.74, 6) is -1.06. The highest BCUT2D eigenvalue weighted by Gasteiger charge is 2.41. The Labute approximate surface area is 165 Å². The molecule has 0 saturated carbocycles. The molecule has 3 nitrogen and oxygen atoms in total. The van der Waals surface area contributed by atoms with Crippen LogP contribution in [0.5, 0.6) is 5.75 Å². The maximum atomic E-state index is 13.9. The summed E-state index contributed by atoms with van der Waals surface area (Å²) >= 11 is 6.00. The number of rotatable bonds is 2. The summed E-state index contributed by atoms with van der Waals surface area (Å²) in [6.07, 6.45) is 0.0436. The van der Waals surface area contributed by atoms with Crippen LogP contribution < -0.4 is 4.74 Å². The Bertz CT molecular complexity index is 1080. The fourth-order valence-electron chi connectivity index (χ4n) is 3.74. The van der Waals surface area contributed by atoms with Crippen LogP contribution in [0.15, 0.2) is 71.8 Å². The standard InChI is InChI=1S/C22H15ClF2N2O/c23-15-8-5-13(6-9-15)19-12-20-16-3-1-2-4-21(16)28-22(27(20)26-19)14-7-10-17(24)18(25)11-14/h1-11,20,22H,12H2/t20-,22+/m0/s1. The van der Waals surface area contributed by atoms with Crippen LogP contribution >= 0.6 is 11.6 Å². The van der Waals surface area contributed by atoms with Crippen molar-refractivity contribution in [3.63, 3.8) is 0 Å². The number of halogens is 3. The van der Waals surface area contributed by atoms with Gasteiger partial charge >= 0.3 is 0 Å². The highest BCUT2D eigenvalue weighted by molar-refractivity contribution is 6.30. The molecule has 3 aromatic carbocycles. The number of fused-ring (bicyclic) bond motifs is 3. The third-order valence-corrected chi connectivity index (χ3v) is 5.36. The molecule has 0 saturated heterocycles. The summed E-state index contributed by atoms with van der Waals surface area (Å²) in [5, 5.41) is 7.28. The number of nitrogens with zero attached hydrogens (tertiary/aromatic N) is 2. The first-order chi connectivity index (χ1) is 13.6. The number of ether oxygens (including phenoxy) is 1. The van der Waals surface area contributed by atoms with E-state index in [1.165, 1.54) is 12.1 Å². The Kier molecular flexibility index (Phi) is 4.05. The molecule has 0 aromatic heterocycles. The smallest absolute Gasteiger partial charge is 0.213 e. The van der Waals surface area contributed by atoms with Crippen LogP contribution in [0.25, 0.3) is 0 Å². The topological polar surface area (TPSA) is 24.8 Å². The van der Waals surface area contributed by atoms with Crippen molar-refractivity contribution in [1.29, 1.82) is 0 Å². The van der Waals surface area contributed by atoms with Gasteiger partial charge in [0.05, 0.1) is 11.8 Å². The summed E-state index contributed by atoms with van der Waals surface area (Å²) in [7, 11) is 0. The molecule has 2 aliphatic heterocycles. The molecule has 2 aliphatic rings. The van der Waals surface area contributed by atoms with Crippen molar-refractivity contribution < 1.29 is 13.5 Å². The van der Waals surface area contributed by atoms with Gasteiger partial charge in [0.2, 0.25) is 6.23 Å². The Balaban J connectivity index is 1.59. The SMILES string of the molecule is Fc1ccc([C@H]2Oc3ccccc3[C@@H]3CC(c4ccc(Cl)cc4)=NN23)cc1F. The molecule has 3 aromatic rings. The van der Waals surface area contributed by atoms with Gasteiger partial charge in [-0.25, -0.2) is 13.8 Å². The Hall–Kier alpha value is -2.92. The summed E-state index contributed by atoms with van der Waals surface area (Å²) in [4.78, 5) is 0. The average Bonchev–Trinajstić information content (AvgIpc) is 3.16. The van der Waals surface area contributed by atoms with Crippen molar-refractivity contribution in [3.8, 4) is 5.75 Å². The normalized spacial score (nSPS) is 20.2. The van der Waals surface area contributed by atoms with Crippen LogP contribution in [-0.2, 0) is 0 Å². The van der Waals surface area contributed by atoms with Crippen molar-refractivity contribution in [2.24, 2.45) is 5.10 Å². The highest BCUT2D eigenvalue weighted by atomic mass is 35.5. The average molecular weight is 397 g/mol. The van der Waals surface area contributed by atoms with Gasteiger partial charge in [-0.2, -0.15) is 5.10 Å². The van der Waals surface area contributed by atoms with Crippen LogP contribution in [0, 0.1) is 11.6 Å². The minimum atomic E-state index is -0.905. The van der Waals surface area contributed by atoms with Gasteiger partial charge in [-0.1, -0.05) is 48.0 Å². The van der Waals surface area contributed by atoms with Crippen LogP contribution in [-0.4, -0.2) is 10.7 Å². The van der Waals surface area contributed by atoms with Crippen LogP contribution in [0.1, 0.15) is 35.4 Å². The van der Waals surface area contributed by atoms with E-state index < -0.39 is 17.9 Å². The fourth-order valence-corrected chi connectivity index (χ4v) is 3.86. The van der Waals surface area contributed by atoms with Gasteiger partial charge in [0, 0.05) is 22.6 Å². The molecule has 0 N–H and O–H groups in total. The molecule has 6 heteroatoms. The summed E-state index contributed by atoms with van der Waals surface area (Å²) in [6, 6.07) is 19.0. The second kappa shape index (κ2) is 6.60. The number of benzene rings is 3. The predicted octanol–water partition coefficient (Wildman–Crippen LogP) is 5.86. The maximum Gasteiger partial charge on any atom is 0.213 e. The number of hydrazone groups is 1. The minimum Gasteiger partial charge on any atom is -0.464 e. The second-order valence-corrected chi connectivity index (χ2v) is 7.27. The lowest BCUT2D eigenvalue weighted by Crippen LogP contribution is -2.33. The zero-order chi connectivity index (χ0) is 19.3. The fraction of sp³-hybridized carbons (Fsp3) is 0.136. The van der Waals surface area contributed by atoms with E-state index in [2.05, 4.69) is 0 Å². The van der Waals surface area contributed by atoms with E-state index in [0.717, 1.165) is 28.7 Å².